The number of aliphatic hydroxyl groups excluding tert-OH is 1. The molecule has 388 valence electrons. The lowest BCUT2D eigenvalue weighted by Gasteiger charge is -2.54. The summed E-state index contributed by atoms with van der Waals surface area (Å²) in [6.45, 7) is 13.0. The van der Waals surface area contributed by atoms with Crippen LogP contribution in [0.1, 0.15) is 212 Å². The van der Waals surface area contributed by atoms with Crippen LogP contribution in [-0.4, -0.2) is 103 Å². The Balaban J connectivity index is 0.000000432. The third-order valence-electron chi connectivity index (χ3n) is 14.7. The van der Waals surface area contributed by atoms with Crippen molar-refractivity contribution < 1.29 is 9.84 Å². The number of hydrogen-bond donors (Lipinski definition) is 9. The van der Waals surface area contributed by atoms with E-state index in [2.05, 4.69) is 40.3 Å². The second kappa shape index (κ2) is 48.4. The van der Waals surface area contributed by atoms with Gasteiger partial charge in [0.1, 0.15) is 0 Å². The van der Waals surface area contributed by atoms with Gasteiger partial charge < -0.3 is 54.0 Å². The first-order valence-corrected chi connectivity index (χ1v) is 28.5. The zero-order valence-corrected chi connectivity index (χ0v) is 43.5. The average Bonchev–Trinajstić information content (AvgIpc) is 3.86. The fourth-order valence-electron chi connectivity index (χ4n) is 11.0. The Labute approximate surface area is 404 Å². The molecule has 6 fully saturated rings. The fourth-order valence-corrected chi connectivity index (χ4v) is 11.0. The SMILES string of the molecule is CCCCCCCC/C=C\CCCCCCCCNCCCN.CNC1CCNCC1.NCCCCC1C2CC3CC(C2)CC1C3.NCCCCCC1CCCO1.NCCCNCCO. The van der Waals surface area contributed by atoms with Crippen LogP contribution in [0.3, 0.4) is 0 Å². The summed E-state index contributed by atoms with van der Waals surface area (Å²) in [6, 6.07) is 0.774. The van der Waals surface area contributed by atoms with Crippen LogP contribution in [0.4, 0.5) is 0 Å². The number of rotatable bonds is 34. The summed E-state index contributed by atoms with van der Waals surface area (Å²) >= 11 is 0. The van der Waals surface area contributed by atoms with E-state index in [4.69, 9.17) is 32.8 Å². The number of hydrogen-bond acceptors (Lipinski definition) is 10. The van der Waals surface area contributed by atoms with Gasteiger partial charge in [0.05, 0.1) is 12.7 Å². The van der Waals surface area contributed by atoms with Crippen molar-refractivity contribution in [1.29, 1.82) is 0 Å². The van der Waals surface area contributed by atoms with Gasteiger partial charge in [-0.1, -0.05) is 96.1 Å². The van der Waals surface area contributed by atoms with E-state index >= 15 is 0 Å². The number of aliphatic hydroxyl groups is 1. The molecule has 4 aliphatic carbocycles. The van der Waals surface area contributed by atoms with Crippen LogP contribution in [0.2, 0.25) is 0 Å². The second-order valence-corrected chi connectivity index (χ2v) is 20.4. The summed E-state index contributed by atoms with van der Waals surface area (Å²) < 4.78 is 5.50. The fraction of sp³-hybridized carbons (Fsp3) is 0.964. The van der Waals surface area contributed by atoms with Crippen molar-refractivity contribution in [2.45, 2.75) is 225 Å². The highest BCUT2D eigenvalue weighted by atomic mass is 16.5. The van der Waals surface area contributed by atoms with Gasteiger partial charge in [-0.05, 0) is 224 Å². The molecular formula is C55H116N8O2. The summed E-state index contributed by atoms with van der Waals surface area (Å²) in [7, 11) is 2.04. The van der Waals surface area contributed by atoms with Gasteiger partial charge in [-0.2, -0.15) is 0 Å². The summed E-state index contributed by atoms with van der Waals surface area (Å²) in [6.07, 6.45) is 49.0. The molecule has 65 heavy (non-hydrogen) atoms. The molecule has 13 N–H and O–H groups in total. The van der Waals surface area contributed by atoms with Gasteiger partial charge in [-0.3, -0.25) is 0 Å². The molecule has 0 spiro atoms. The first kappa shape index (κ1) is 62.4. The molecule has 2 aliphatic heterocycles. The highest BCUT2D eigenvalue weighted by molar-refractivity contribution is 4.97. The van der Waals surface area contributed by atoms with E-state index in [0.29, 0.717) is 12.6 Å². The number of ether oxygens (including phenoxy) is 1. The van der Waals surface area contributed by atoms with E-state index < -0.39 is 0 Å². The normalized spacial score (nSPS) is 23.2. The third kappa shape index (κ3) is 36.9. The van der Waals surface area contributed by atoms with E-state index in [1.54, 1.807) is 32.1 Å². The second-order valence-electron chi connectivity index (χ2n) is 20.4. The highest BCUT2D eigenvalue weighted by Gasteiger charge is 2.47. The van der Waals surface area contributed by atoms with Crippen molar-refractivity contribution in [1.82, 2.24) is 21.3 Å². The molecule has 6 rings (SSSR count). The minimum absolute atomic E-state index is 0.213. The maximum atomic E-state index is 8.27. The average molecular weight is 922 g/mol. The van der Waals surface area contributed by atoms with Gasteiger partial charge in [0.15, 0.2) is 0 Å². The van der Waals surface area contributed by atoms with Gasteiger partial charge in [-0.25, -0.2) is 0 Å². The zero-order chi connectivity index (χ0) is 47.1. The van der Waals surface area contributed by atoms with E-state index in [1.165, 1.54) is 180 Å². The topological polar surface area (TPSA) is 182 Å². The molecule has 2 heterocycles. The predicted octanol–water partition coefficient (Wildman–Crippen LogP) is 9.71. The summed E-state index contributed by atoms with van der Waals surface area (Å²) in [4.78, 5) is 0. The molecule has 10 nitrogen and oxygen atoms in total. The van der Waals surface area contributed by atoms with Crippen molar-refractivity contribution in [3.8, 4) is 0 Å². The van der Waals surface area contributed by atoms with Gasteiger partial charge in [0.25, 0.3) is 0 Å². The van der Waals surface area contributed by atoms with Crippen LogP contribution >= 0.6 is 0 Å². The molecule has 0 aromatic carbocycles. The van der Waals surface area contributed by atoms with E-state index in [-0.39, 0.29) is 6.61 Å². The summed E-state index contributed by atoms with van der Waals surface area (Å²) in [5.74, 6) is 5.62. The molecule has 0 aromatic heterocycles. The Bertz CT molecular complexity index is 930. The molecule has 6 aliphatic rings. The lowest BCUT2D eigenvalue weighted by molar-refractivity contribution is -0.0403. The van der Waals surface area contributed by atoms with Gasteiger partial charge >= 0.3 is 0 Å². The monoisotopic (exact) mass is 921 g/mol. The number of piperidine rings is 1. The van der Waals surface area contributed by atoms with Crippen LogP contribution in [0.5, 0.6) is 0 Å². The standard InChI is InChI=1S/C21H44N2.C14H25N.C9H19NO.C6H14N2.C5H14N2O/c1-2-3-4-5-6-7-8-9-10-11-12-13-14-15-16-17-20-23-21-18-19-22;15-4-2-1-3-14-12-6-10-5-11(8-12)9-13(14)7-10;10-7-3-1-2-5-9-6-4-8-11-9;1-7-6-2-4-8-5-3-6;6-2-1-3-7-4-5-8/h9-10,23H,2-8,11-22H2,1H3;10-14H,1-9,15H2;9H,1-8,10H2;6-8H,2-5H2,1H3;7-8H,1-6H2/b10-9-;;;;. The van der Waals surface area contributed by atoms with Crippen LogP contribution in [0, 0.1) is 29.6 Å². The third-order valence-corrected chi connectivity index (χ3v) is 14.7. The molecule has 1 unspecified atom stereocenters. The maximum absolute atomic E-state index is 8.27. The molecule has 4 bridgehead atoms. The lowest BCUT2D eigenvalue weighted by Crippen LogP contribution is -2.44. The first-order valence-electron chi connectivity index (χ1n) is 28.5. The van der Waals surface area contributed by atoms with Crippen LogP contribution in [0.25, 0.3) is 0 Å². The van der Waals surface area contributed by atoms with Crippen molar-refractivity contribution >= 4 is 0 Å². The van der Waals surface area contributed by atoms with Crippen LogP contribution < -0.4 is 44.2 Å². The predicted molar refractivity (Wildman–Crippen MR) is 285 cm³/mol. The first-order chi connectivity index (χ1) is 32.1. The van der Waals surface area contributed by atoms with E-state index in [9.17, 15) is 0 Å². The van der Waals surface area contributed by atoms with Crippen molar-refractivity contribution in [2.24, 2.45) is 52.5 Å². The molecule has 0 aromatic rings. The van der Waals surface area contributed by atoms with Gasteiger partial charge in [0, 0.05) is 19.2 Å². The minimum atomic E-state index is 0.213. The van der Waals surface area contributed by atoms with Crippen molar-refractivity contribution in [3.05, 3.63) is 12.2 Å². The van der Waals surface area contributed by atoms with Gasteiger partial charge in [0.2, 0.25) is 0 Å². The van der Waals surface area contributed by atoms with E-state index in [1.807, 2.05) is 7.05 Å². The molecule has 0 amide bonds. The number of allylic oxidation sites excluding steroid dienone is 2. The van der Waals surface area contributed by atoms with Crippen LogP contribution in [0.15, 0.2) is 12.2 Å². The molecule has 2 saturated heterocycles. The van der Waals surface area contributed by atoms with Crippen molar-refractivity contribution in [3.63, 3.8) is 0 Å². The summed E-state index contributed by atoms with van der Waals surface area (Å²) in [5, 5.41) is 21.3. The molecule has 1 atom stereocenters. The largest absolute Gasteiger partial charge is 0.395 e. The Kier molecular flexibility index (Phi) is 46.4. The Morgan fingerprint density at radius 1 is 0.554 bits per heavy atom. The Hall–Kier alpha value is -0.660. The van der Waals surface area contributed by atoms with Crippen LogP contribution in [-0.2, 0) is 4.74 Å². The highest BCUT2D eigenvalue weighted by Crippen LogP contribution is 2.57. The number of unbranched alkanes of at least 4 members (excludes halogenated alkanes) is 15. The quantitative estimate of drug-likeness (QED) is 0.0223. The van der Waals surface area contributed by atoms with E-state index in [0.717, 1.165) is 94.3 Å². The zero-order valence-electron chi connectivity index (χ0n) is 43.5. The molecule has 0 radical (unpaired) electrons. The molecule has 10 heteroatoms. The van der Waals surface area contributed by atoms with Gasteiger partial charge in [-0.15, -0.1) is 0 Å². The number of nitrogens with two attached hydrogens (primary N) is 4. The lowest BCUT2D eigenvalue weighted by atomic mass is 9.51. The smallest absolute Gasteiger partial charge is 0.0576 e. The van der Waals surface area contributed by atoms with Crippen molar-refractivity contribution in [2.75, 3.05) is 85.7 Å². The maximum Gasteiger partial charge on any atom is 0.0576 e. The summed E-state index contributed by atoms with van der Waals surface area (Å²) in [5.41, 5.74) is 21.6. The molecular weight excluding hydrogens is 805 g/mol. The Morgan fingerprint density at radius 2 is 1.05 bits per heavy atom. The minimum Gasteiger partial charge on any atom is -0.395 e. The number of nitrogens with one attached hydrogen (secondary N) is 4. The molecule has 4 saturated carbocycles. The Morgan fingerprint density at radius 3 is 1.55 bits per heavy atom.